The van der Waals surface area contributed by atoms with E-state index in [4.69, 9.17) is 0 Å². The van der Waals surface area contributed by atoms with E-state index in [-0.39, 0.29) is 11.2 Å². The van der Waals surface area contributed by atoms with Crippen molar-refractivity contribution in [2.75, 3.05) is 11.9 Å². The quantitative estimate of drug-likeness (QED) is 0.757. The third-order valence-corrected chi connectivity index (χ3v) is 4.79. The zero-order chi connectivity index (χ0) is 15.9. The molecule has 0 aliphatic rings. The molecule has 0 aliphatic carbocycles. The lowest BCUT2D eigenvalue weighted by atomic mass is 10.2. The summed E-state index contributed by atoms with van der Waals surface area (Å²) in [4.78, 5) is 12.0. The van der Waals surface area contributed by atoms with Crippen LogP contribution in [0, 0.1) is 5.92 Å². The second-order valence-electron chi connectivity index (χ2n) is 5.26. The largest absolute Gasteiger partial charge is 0.355 e. The van der Waals surface area contributed by atoms with E-state index >= 15 is 0 Å². The number of aromatic nitrogens is 2. The first-order valence-electron chi connectivity index (χ1n) is 7.14. The molecule has 1 unspecified atom stereocenters. The molecule has 1 heterocycles. The van der Waals surface area contributed by atoms with E-state index in [0.717, 1.165) is 15.2 Å². The monoisotopic (exact) mass is 336 g/mol. The molecule has 1 atom stereocenters. The highest BCUT2D eigenvalue weighted by atomic mass is 32.2. The first-order valence-corrected chi connectivity index (χ1v) is 8.84. The Bertz CT molecular complexity index is 601. The van der Waals surface area contributed by atoms with Gasteiger partial charge in [-0.25, -0.2) is 0 Å². The molecule has 22 heavy (non-hydrogen) atoms. The maximum absolute atomic E-state index is 12.0. The van der Waals surface area contributed by atoms with Gasteiger partial charge in [0.2, 0.25) is 11.0 Å². The first kappa shape index (κ1) is 16.8. The topological polar surface area (TPSA) is 66.9 Å². The number of carbonyl (C=O) groups is 1. The van der Waals surface area contributed by atoms with Crippen molar-refractivity contribution in [1.82, 2.24) is 15.5 Å². The molecule has 0 radical (unpaired) electrons. The van der Waals surface area contributed by atoms with Gasteiger partial charge in [0, 0.05) is 12.2 Å². The second-order valence-corrected chi connectivity index (χ2v) is 7.83. The number of nitrogens with one attached hydrogen (secondary N) is 2. The van der Waals surface area contributed by atoms with E-state index < -0.39 is 0 Å². The SMILES string of the molecule is CC(C)CNC(=O)C(C)Sc1nnc(Nc2ccccc2)s1. The van der Waals surface area contributed by atoms with Gasteiger partial charge in [-0.2, -0.15) is 0 Å². The lowest BCUT2D eigenvalue weighted by Crippen LogP contribution is -2.33. The van der Waals surface area contributed by atoms with Gasteiger partial charge in [-0.15, -0.1) is 10.2 Å². The van der Waals surface area contributed by atoms with Crippen LogP contribution in [0.25, 0.3) is 0 Å². The summed E-state index contributed by atoms with van der Waals surface area (Å²) in [6.07, 6.45) is 0. The zero-order valence-corrected chi connectivity index (χ0v) is 14.5. The van der Waals surface area contributed by atoms with Crippen LogP contribution in [0.15, 0.2) is 34.7 Å². The Morgan fingerprint density at radius 3 is 2.64 bits per heavy atom. The number of rotatable bonds is 7. The number of benzene rings is 1. The average molecular weight is 336 g/mol. The van der Waals surface area contributed by atoms with Crippen LogP contribution >= 0.6 is 23.1 Å². The average Bonchev–Trinajstić information content (AvgIpc) is 2.92. The summed E-state index contributed by atoms with van der Waals surface area (Å²) in [6.45, 7) is 6.72. The van der Waals surface area contributed by atoms with Crippen LogP contribution in [0.2, 0.25) is 0 Å². The maximum Gasteiger partial charge on any atom is 0.233 e. The minimum Gasteiger partial charge on any atom is -0.355 e. The Hall–Kier alpha value is -1.60. The summed E-state index contributed by atoms with van der Waals surface area (Å²) in [7, 11) is 0. The number of nitrogens with zero attached hydrogens (tertiary/aromatic N) is 2. The molecule has 2 N–H and O–H groups in total. The summed E-state index contributed by atoms with van der Waals surface area (Å²) in [6, 6.07) is 9.82. The van der Waals surface area contributed by atoms with E-state index in [0.29, 0.717) is 12.5 Å². The normalized spacial score (nSPS) is 12.2. The van der Waals surface area contributed by atoms with E-state index in [1.807, 2.05) is 37.3 Å². The van der Waals surface area contributed by atoms with Crippen molar-refractivity contribution in [3.05, 3.63) is 30.3 Å². The number of thioether (sulfide) groups is 1. The van der Waals surface area contributed by atoms with Crippen molar-refractivity contribution in [3.8, 4) is 0 Å². The third kappa shape index (κ3) is 5.31. The number of para-hydroxylation sites is 1. The fourth-order valence-corrected chi connectivity index (χ4v) is 3.55. The summed E-state index contributed by atoms with van der Waals surface area (Å²) < 4.78 is 0.783. The molecule has 0 aliphatic heterocycles. The predicted octanol–water partition coefficient (Wildman–Crippen LogP) is 3.53. The number of hydrogen-bond donors (Lipinski definition) is 2. The number of anilines is 2. The van der Waals surface area contributed by atoms with Crippen LogP contribution in [0.3, 0.4) is 0 Å². The first-order chi connectivity index (χ1) is 10.5. The van der Waals surface area contributed by atoms with Crippen LogP contribution in [0.1, 0.15) is 20.8 Å². The molecule has 1 aromatic heterocycles. The molecule has 1 aromatic carbocycles. The highest BCUT2D eigenvalue weighted by molar-refractivity contribution is 8.02. The van der Waals surface area contributed by atoms with Gasteiger partial charge in [-0.1, -0.05) is 55.1 Å². The number of amides is 1. The fraction of sp³-hybridized carbons (Fsp3) is 0.400. The molecule has 7 heteroatoms. The van der Waals surface area contributed by atoms with Gasteiger partial charge in [-0.3, -0.25) is 4.79 Å². The molecule has 5 nitrogen and oxygen atoms in total. The van der Waals surface area contributed by atoms with Crippen LogP contribution in [0.5, 0.6) is 0 Å². The van der Waals surface area contributed by atoms with E-state index in [1.54, 1.807) is 0 Å². The molecule has 0 saturated heterocycles. The van der Waals surface area contributed by atoms with Crippen molar-refractivity contribution < 1.29 is 4.79 Å². The van der Waals surface area contributed by atoms with Gasteiger partial charge >= 0.3 is 0 Å². The highest BCUT2D eigenvalue weighted by Crippen LogP contribution is 2.30. The number of carbonyl (C=O) groups excluding carboxylic acids is 1. The molecule has 0 spiro atoms. The molecule has 0 saturated carbocycles. The maximum atomic E-state index is 12.0. The van der Waals surface area contributed by atoms with Gasteiger partial charge in [0.25, 0.3) is 0 Å². The molecule has 2 rings (SSSR count). The lowest BCUT2D eigenvalue weighted by Gasteiger charge is -2.11. The molecule has 118 valence electrons. The molecular weight excluding hydrogens is 316 g/mol. The van der Waals surface area contributed by atoms with Crippen molar-refractivity contribution >= 4 is 39.8 Å². The molecule has 1 amide bonds. The Morgan fingerprint density at radius 1 is 1.23 bits per heavy atom. The Labute approximate surface area is 138 Å². The van der Waals surface area contributed by atoms with Gasteiger partial charge in [-0.05, 0) is 25.0 Å². The van der Waals surface area contributed by atoms with Crippen molar-refractivity contribution in [1.29, 1.82) is 0 Å². The summed E-state index contributed by atoms with van der Waals surface area (Å²) >= 11 is 2.88. The van der Waals surface area contributed by atoms with Crippen LogP contribution < -0.4 is 10.6 Å². The van der Waals surface area contributed by atoms with Gasteiger partial charge in [0.1, 0.15) is 0 Å². The van der Waals surface area contributed by atoms with E-state index in [1.165, 1.54) is 23.1 Å². The minimum absolute atomic E-state index is 0.0338. The zero-order valence-electron chi connectivity index (χ0n) is 12.9. The molecular formula is C15H20N4OS2. The third-order valence-electron chi connectivity index (χ3n) is 2.76. The Balaban J connectivity index is 1.87. The number of hydrogen-bond acceptors (Lipinski definition) is 6. The predicted molar refractivity (Wildman–Crippen MR) is 92.8 cm³/mol. The van der Waals surface area contributed by atoms with E-state index in [9.17, 15) is 4.79 Å². The lowest BCUT2D eigenvalue weighted by molar-refractivity contribution is -0.120. The molecule has 0 bridgehead atoms. The van der Waals surface area contributed by atoms with Crippen LogP contribution in [-0.4, -0.2) is 27.9 Å². The second kappa shape index (κ2) is 8.14. The smallest absolute Gasteiger partial charge is 0.233 e. The standard InChI is InChI=1S/C15H20N4OS2/c1-10(2)9-16-13(20)11(3)21-15-19-18-14(22-15)17-12-7-5-4-6-8-12/h4-8,10-11H,9H2,1-3H3,(H,16,20)(H,17,18). The van der Waals surface area contributed by atoms with Crippen LogP contribution in [0.4, 0.5) is 10.8 Å². The summed E-state index contributed by atoms with van der Waals surface area (Å²) in [5.41, 5.74) is 0.970. The van der Waals surface area contributed by atoms with Crippen molar-refractivity contribution in [2.45, 2.75) is 30.4 Å². The molecule has 2 aromatic rings. The Kier molecular flexibility index (Phi) is 6.21. The Morgan fingerprint density at radius 2 is 1.95 bits per heavy atom. The van der Waals surface area contributed by atoms with Crippen molar-refractivity contribution in [2.24, 2.45) is 5.92 Å². The van der Waals surface area contributed by atoms with E-state index in [2.05, 4.69) is 34.7 Å². The van der Waals surface area contributed by atoms with Crippen molar-refractivity contribution in [3.63, 3.8) is 0 Å². The van der Waals surface area contributed by atoms with Gasteiger partial charge in [0.15, 0.2) is 4.34 Å². The van der Waals surface area contributed by atoms with Gasteiger partial charge in [0.05, 0.1) is 5.25 Å². The summed E-state index contributed by atoms with van der Waals surface area (Å²) in [5.74, 6) is 0.482. The summed E-state index contributed by atoms with van der Waals surface area (Å²) in [5, 5.41) is 14.9. The molecule has 0 fully saturated rings. The fourth-order valence-electron chi connectivity index (χ4n) is 1.61. The van der Waals surface area contributed by atoms with Gasteiger partial charge < -0.3 is 10.6 Å². The highest BCUT2D eigenvalue weighted by Gasteiger charge is 2.17. The minimum atomic E-state index is -0.184. The van der Waals surface area contributed by atoms with Crippen LogP contribution in [-0.2, 0) is 4.79 Å².